The molecule has 1 saturated heterocycles. The van der Waals surface area contributed by atoms with Crippen LogP contribution in [0, 0.1) is 12.8 Å². The number of aryl methyl sites for hydroxylation is 4. The van der Waals surface area contributed by atoms with Gasteiger partial charge in [-0.3, -0.25) is 4.79 Å². The smallest absolute Gasteiger partial charge is 0.262 e. The predicted molar refractivity (Wildman–Crippen MR) is 116 cm³/mol. The molecule has 0 spiro atoms. The molecular formula is C20H29N5O3S2. The number of nitrogens with zero attached hydrogens (tertiary/aromatic N) is 4. The van der Waals surface area contributed by atoms with Gasteiger partial charge in [0.05, 0.1) is 5.69 Å². The number of carbonyl (C=O) groups is 1. The van der Waals surface area contributed by atoms with E-state index in [0.29, 0.717) is 36.9 Å². The van der Waals surface area contributed by atoms with Gasteiger partial charge in [-0.2, -0.15) is 4.31 Å². The predicted octanol–water partition coefficient (Wildman–Crippen LogP) is 2.88. The van der Waals surface area contributed by atoms with Crippen LogP contribution in [0.5, 0.6) is 0 Å². The number of hydrogen-bond acceptors (Lipinski definition) is 6. The Hall–Kier alpha value is -1.78. The van der Waals surface area contributed by atoms with E-state index in [0.717, 1.165) is 25.0 Å². The highest BCUT2D eigenvalue weighted by atomic mass is 32.2. The molecule has 30 heavy (non-hydrogen) atoms. The molecule has 0 saturated carbocycles. The summed E-state index contributed by atoms with van der Waals surface area (Å²) < 4.78 is 28.8. The molecule has 164 valence electrons. The largest absolute Gasteiger partial charge is 0.337 e. The van der Waals surface area contributed by atoms with Crippen molar-refractivity contribution in [3.05, 3.63) is 22.6 Å². The summed E-state index contributed by atoms with van der Waals surface area (Å²) in [6, 6.07) is 0. The fourth-order valence-corrected chi connectivity index (χ4v) is 6.66. The van der Waals surface area contributed by atoms with Gasteiger partial charge in [-0.1, -0.05) is 12.8 Å². The number of piperidine rings is 1. The molecule has 0 radical (unpaired) electrons. The second kappa shape index (κ2) is 8.76. The van der Waals surface area contributed by atoms with Crippen LogP contribution in [0.15, 0.2) is 11.2 Å². The molecule has 0 bridgehead atoms. The number of fused-ring (bicyclic) bond motifs is 1. The Balaban J connectivity index is 1.36. The van der Waals surface area contributed by atoms with Gasteiger partial charge in [0.1, 0.15) is 5.82 Å². The van der Waals surface area contributed by atoms with E-state index in [2.05, 4.69) is 15.3 Å². The van der Waals surface area contributed by atoms with Crippen molar-refractivity contribution in [1.29, 1.82) is 0 Å². The van der Waals surface area contributed by atoms with Crippen molar-refractivity contribution < 1.29 is 13.2 Å². The first-order valence-electron chi connectivity index (χ1n) is 10.6. The Kier molecular flexibility index (Phi) is 6.26. The standard InChI is InChI=1S/C20H29N5O3S2/c1-14-21-18(13-24(14)2)30(27,28)25-11-9-15(10-12-25)19(26)23-20-22-16-7-5-3-4-6-8-17(16)29-20/h13,15H,3-12H2,1-2H3,(H,22,23,26). The molecule has 1 aliphatic carbocycles. The fraction of sp³-hybridized carbons (Fsp3) is 0.650. The van der Waals surface area contributed by atoms with Crippen LogP contribution >= 0.6 is 11.3 Å². The first-order chi connectivity index (χ1) is 14.3. The molecule has 0 unspecified atom stereocenters. The number of anilines is 1. The summed E-state index contributed by atoms with van der Waals surface area (Å²) in [6.45, 7) is 2.42. The van der Waals surface area contributed by atoms with E-state index in [1.807, 2.05) is 0 Å². The lowest BCUT2D eigenvalue weighted by Gasteiger charge is -2.29. The summed E-state index contributed by atoms with van der Waals surface area (Å²) >= 11 is 1.60. The van der Waals surface area contributed by atoms with Crippen molar-refractivity contribution in [2.24, 2.45) is 13.0 Å². The SMILES string of the molecule is Cc1nc(S(=O)(=O)N2CCC(C(=O)Nc3nc4c(s3)CCCCCC4)CC2)cn1C. The Bertz CT molecular complexity index is 974. The molecule has 0 aromatic carbocycles. The highest BCUT2D eigenvalue weighted by Crippen LogP contribution is 2.30. The van der Waals surface area contributed by atoms with Crippen molar-refractivity contribution in [3.63, 3.8) is 0 Å². The zero-order valence-corrected chi connectivity index (χ0v) is 19.2. The molecule has 2 aliphatic rings. The van der Waals surface area contributed by atoms with E-state index in [4.69, 9.17) is 0 Å². The van der Waals surface area contributed by atoms with E-state index < -0.39 is 10.0 Å². The van der Waals surface area contributed by atoms with Gasteiger partial charge in [0, 0.05) is 37.1 Å². The number of thiazole rings is 1. The van der Waals surface area contributed by atoms with Crippen molar-refractivity contribution in [1.82, 2.24) is 18.8 Å². The van der Waals surface area contributed by atoms with Gasteiger partial charge in [-0.25, -0.2) is 18.4 Å². The molecule has 10 heteroatoms. The lowest BCUT2D eigenvalue weighted by Crippen LogP contribution is -2.41. The molecule has 1 amide bonds. The van der Waals surface area contributed by atoms with E-state index >= 15 is 0 Å². The lowest BCUT2D eigenvalue weighted by atomic mass is 9.97. The second-order valence-corrected chi connectivity index (χ2v) is 11.2. The molecule has 8 nitrogen and oxygen atoms in total. The van der Waals surface area contributed by atoms with Gasteiger partial charge in [-0.05, 0) is 45.4 Å². The Morgan fingerprint density at radius 3 is 2.50 bits per heavy atom. The third kappa shape index (κ3) is 4.45. The average molecular weight is 452 g/mol. The van der Waals surface area contributed by atoms with Crippen LogP contribution in [0.3, 0.4) is 0 Å². The molecule has 1 aliphatic heterocycles. The monoisotopic (exact) mass is 451 g/mol. The van der Waals surface area contributed by atoms with E-state index in [9.17, 15) is 13.2 Å². The third-order valence-corrected chi connectivity index (χ3v) is 8.93. The number of sulfonamides is 1. The maximum Gasteiger partial charge on any atom is 0.262 e. The number of carbonyl (C=O) groups excluding carboxylic acids is 1. The van der Waals surface area contributed by atoms with Gasteiger partial charge in [0.2, 0.25) is 5.91 Å². The van der Waals surface area contributed by atoms with Gasteiger partial charge in [0.25, 0.3) is 10.0 Å². The first-order valence-corrected chi connectivity index (χ1v) is 12.9. The van der Waals surface area contributed by atoms with Crippen LogP contribution in [0.2, 0.25) is 0 Å². The molecular weight excluding hydrogens is 422 g/mol. The maximum atomic E-state index is 12.8. The van der Waals surface area contributed by atoms with Gasteiger partial charge in [-0.15, -0.1) is 11.3 Å². The minimum Gasteiger partial charge on any atom is -0.337 e. The number of hydrogen-bond donors (Lipinski definition) is 1. The number of imidazole rings is 1. The van der Waals surface area contributed by atoms with E-state index in [1.165, 1.54) is 34.6 Å². The third-order valence-electron chi connectivity index (χ3n) is 6.09. The van der Waals surface area contributed by atoms with Crippen LogP contribution in [-0.4, -0.2) is 46.3 Å². The Morgan fingerprint density at radius 2 is 1.83 bits per heavy atom. The highest BCUT2D eigenvalue weighted by Gasteiger charge is 2.34. The first kappa shape index (κ1) is 21.5. The molecule has 2 aromatic heterocycles. The zero-order chi connectivity index (χ0) is 21.3. The molecule has 3 heterocycles. The summed E-state index contributed by atoms with van der Waals surface area (Å²) in [5, 5.41) is 3.75. The quantitative estimate of drug-likeness (QED) is 0.771. The van der Waals surface area contributed by atoms with Crippen molar-refractivity contribution in [2.75, 3.05) is 18.4 Å². The molecule has 0 atom stereocenters. The van der Waals surface area contributed by atoms with Crippen LogP contribution in [0.1, 0.15) is 54.9 Å². The van der Waals surface area contributed by atoms with Crippen molar-refractivity contribution >= 4 is 32.4 Å². The summed E-state index contributed by atoms with van der Waals surface area (Å²) in [6.07, 6.45) is 9.44. The summed E-state index contributed by atoms with van der Waals surface area (Å²) in [4.78, 5) is 22.9. The van der Waals surface area contributed by atoms with Crippen LogP contribution in [0.4, 0.5) is 5.13 Å². The van der Waals surface area contributed by atoms with Crippen LogP contribution in [0.25, 0.3) is 0 Å². The van der Waals surface area contributed by atoms with E-state index in [-0.39, 0.29) is 16.9 Å². The summed E-state index contributed by atoms with van der Waals surface area (Å²) in [7, 11) is -1.85. The number of aromatic nitrogens is 3. The van der Waals surface area contributed by atoms with Gasteiger partial charge >= 0.3 is 0 Å². The number of rotatable bonds is 4. The summed E-state index contributed by atoms with van der Waals surface area (Å²) in [5.74, 6) is 0.399. The van der Waals surface area contributed by atoms with E-state index in [1.54, 1.807) is 29.9 Å². The van der Waals surface area contributed by atoms with Gasteiger partial charge in [0.15, 0.2) is 10.2 Å². The molecule has 2 aromatic rings. The number of nitrogens with one attached hydrogen (secondary N) is 1. The Morgan fingerprint density at radius 1 is 1.13 bits per heavy atom. The highest BCUT2D eigenvalue weighted by molar-refractivity contribution is 7.89. The minimum atomic E-state index is -3.62. The van der Waals surface area contributed by atoms with Crippen LogP contribution < -0.4 is 5.32 Å². The van der Waals surface area contributed by atoms with Crippen LogP contribution in [-0.2, 0) is 34.7 Å². The molecule has 4 rings (SSSR count). The van der Waals surface area contributed by atoms with Crippen molar-refractivity contribution in [2.45, 2.75) is 63.3 Å². The normalized spacial score (nSPS) is 19.1. The maximum absolute atomic E-state index is 12.8. The topological polar surface area (TPSA) is 97.2 Å². The fourth-order valence-electron chi connectivity index (χ4n) is 4.11. The Labute approximate surface area is 181 Å². The summed E-state index contributed by atoms with van der Waals surface area (Å²) in [5.41, 5.74) is 1.14. The zero-order valence-electron chi connectivity index (χ0n) is 17.6. The van der Waals surface area contributed by atoms with Crippen molar-refractivity contribution in [3.8, 4) is 0 Å². The average Bonchev–Trinajstić information content (AvgIpc) is 3.24. The number of amides is 1. The molecule has 1 N–H and O–H groups in total. The minimum absolute atomic E-state index is 0.0533. The van der Waals surface area contributed by atoms with Gasteiger partial charge < -0.3 is 9.88 Å². The lowest BCUT2D eigenvalue weighted by molar-refractivity contribution is -0.120. The second-order valence-electron chi connectivity index (χ2n) is 8.21. The molecule has 1 fully saturated rings.